The molecule has 4 rings (SSSR count). The number of benzene rings is 3. The van der Waals surface area contributed by atoms with Gasteiger partial charge in [0.15, 0.2) is 5.17 Å². The zero-order valence-electron chi connectivity index (χ0n) is 15.9. The Bertz CT molecular complexity index is 1130. The van der Waals surface area contributed by atoms with Gasteiger partial charge in [-0.15, -0.1) is 0 Å². The van der Waals surface area contributed by atoms with E-state index in [0.717, 1.165) is 22.9 Å². The molecule has 1 heterocycles. The minimum Gasteiger partial charge on any atom is -0.488 e. The molecule has 30 heavy (non-hydrogen) atoms. The summed E-state index contributed by atoms with van der Waals surface area (Å²) in [6, 6.07) is 26.1. The van der Waals surface area contributed by atoms with Gasteiger partial charge >= 0.3 is 0 Å². The van der Waals surface area contributed by atoms with E-state index in [1.807, 2.05) is 60.7 Å². The lowest BCUT2D eigenvalue weighted by Gasteiger charge is -2.09. The Morgan fingerprint density at radius 3 is 2.37 bits per heavy atom. The predicted octanol–water partition coefficient (Wildman–Crippen LogP) is 4.67. The summed E-state index contributed by atoms with van der Waals surface area (Å²) < 4.78 is 5.95. The molecule has 1 aliphatic heterocycles. The molecule has 1 aliphatic rings. The third-order valence-electron chi connectivity index (χ3n) is 4.32. The Morgan fingerprint density at radius 2 is 1.60 bits per heavy atom. The van der Waals surface area contributed by atoms with E-state index < -0.39 is 5.91 Å². The molecule has 0 radical (unpaired) electrons. The molecule has 0 unspecified atom stereocenters. The van der Waals surface area contributed by atoms with Crippen LogP contribution in [0.5, 0.6) is 5.75 Å². The smallest absolute Gasteiger partial charge is 0.279 e. The number of thioether (sulfide) groups is 1. The Hall–Kier alpha value is -3.64. The molecule has 0 saturated carbocycles. The van der Waals surface area contributed by atoms with Gasteiger partial charge in [0.2, 0.25) is 0 Å². The number of carbonyl (C=O) groups excluding carboxylic acids is 2. The molecule has 1 saturated heterocycles. The second-order valence-corrected chi connectivity index (χ2v) is 7.50. The van der Waals surface area contributed by atoms with Crippen molar-refractivity contribution in [2.75, 3.05) is 0 Å². The number of amides is 2. The van der Waals surface area contributed by atoms with Crippen molar-refractivity contribution in [3.63, 3.8) is 0 Å². The van der Waals surface area contributed by atoms with Gasteiger partial charge in [-0.05, 0) is 41.6 Å². The zero-order chi connectivity index (χ0) is 20.8. The number of rotatable bonds is 5. The minimum atomic E-state index is -0.397. The van der Waals surface area contributed by atoms with E-state index in [-0.39, 0.29) is 11.1 Å². The highest BCUT2D eigenvalue weighted by atomic mass is 32.2. The van der Waals surface area contributed by atoms with E-state index in [1.165, 1.54) is 0 Å². The number of ether oxygens (including phenoxy) is 1. The quantitative estimate of drug-likeness (QED) is 0.617. The van der Waals surface area contributed by atoms with Crippen molar-refractivity contribution in [2.45, 2.75) is 6.61 Å². The molecular weight excluding hydrogens is 396 g/mol. The lowest BCUT2D eigenvalue weighted by molar-refractivity contribution is -0.115. The number of carbonyl (C=O) groups is 2. The second kappa shape index (κ2) is 9.24. The third-order valence-corrected chi connectivity index (χ3v) is 5.23. The van der Waals surface area contributed by atoms with Gasteiger partial charge in [-0.3, -0.25) is 9.59 Å². The number of amidine groups is 1. The van der Waals surface area contributed by atoms with Crippen molar-refractivity contribution in [1.29, 1.82) is 0 Å². The fraction of sp³-hybridized carbons (Fsp3) is 0.0417. The summed E-state index contributed by atoms with van der Waals surface area (Å²) in [5, 5.41) is 2.91. The van der Waals surface area contributed by atoms with E-state index in [4.69, 9.17) is 4.74 Å². The van der Waals surface area contributed by atoms with Gasteiger partial charge < -0.3 is 10.1 Å². The SMILES string of the molecule is O=C1NC(=NC(=O)c2ccccc2)S/C1=C\c1ccccc1OCc1ccccc1. The fourth-order valence-electron chi connectivity index (χ4n) is 2.83. The van der Waals surface area contributed by atoms with Crippen molar-refractivity contribution in [2.24, 2.45) is 4.99 Å². The molecule has 1 N–H and O–H groups in total. The summed E-state index contributed by atoms with van der Waals surface area (Å²) in [6.45, 7) is 0.429. The monoisotopic (exact) mass is 414 g/mol. The van der Waals surface area contributed by atoms with Gasteiger partial charge in [0.25, 0.3) is 11.8 Å². The third kappa shape index (κ3) is 4.85. The van der Waals surface area contributed by atoms with Crippen LogP contribution in [0, 0.1) is 0 Å². The summed E-state index contributed by atoms with van der Waals surface area (Å²) in [5.41, 5.74) is 2.31. The summed E-state index contributed by atoms with van der Waals surface area (Å²) >= 11 is 1.13. The van der Waals surface area contributed by atoms with Gasteiger partial charge in [-0.1, -0.05) is 66.7 Å². The molecule has 0 aliphatic carbocycles. The number of para-hydroxylation sites is 1. The van der Waals surface area contributed by atoms with Gasteiger partial charge in [-0.25, -0.2) is 0 Å². The molecule has 2 amide bonds. The fourth-order valence-corrected chi connectivity index (χ4v) is 3.64. The average Bonchev–Trinajstić information content (AvgIpc) is 3.13. The highest BCUT2D eigenvalue weighted by Crippen LogP contribution is 2.29. The first kappa shape index (κ1) is 19.7. The van der Waals surface area contributed by atoms with Crippen molar-refractivity contribution in [3.05, 3.63) is 107 Å². The van der Waals surface area contributed by atoms with Crippen LogP contribution < -0.4 is 10.1 Å². The Labute approximate surface area is 178 Å². The standard InChI is InChI=1S/C24H18N2O3S/c27-22(18-11-5-2-6-12-18)25-24-26-23(28)21(30-24)15-19-13-7-8-14-20(19)29-16-17-9-3-1-4-10-17/h1-15H,16H2,(H,25,26,27,28)/b21-15-. The molecule has 3 aromatic rings. The van der Waals surface area contributed by atoms with Crippen LogP contribution >= 0.6 is 11.8 Å². The van der Waals surface area contributed by atoms with Crippen molar-refractivity contribution in [3.8, 4) is 5.75 Å². The van der Waals surface area contributed by atoms with E-state index in [2.05, 4.69) is 10.3 Å². The lowest BCUT2D eigenvalue weighted by atomic mass is 10.2. The van der Waals surface area contributed by atoms with Crippen LogP contribution in [0.3, 0.4) is 0 Å². The molecule has 0 spiro atoms. The number of aliphatic imine (C=N–C) groups is 1. The molecule has 3 aromatic carbocycles. The molecule has 0 bridgehead atoms. The zero-order valence-corrected chi connectivity index (χ0v) is 16.8. The topological polar surface area (TPSA) is 67.8 Å². The van der Waals surface area contributed by atoms with E-state index in [0.29, 0.717) is 22.8 Å². The molecular formula is C24H18N2O3S. The van der Waals surface area contributed by atoms with E-state index in [9.17, 15) is 9.59 Å². The van der Waals surface area contributed by atoms with E-state index in [1.54, 1.807) is 30.3 Å². The van der Waals surface area contributed by atoms with Gasteiger partial charge in [0, 0.05) is 11.1 Å². The van der Waals surface area contributed by atoms with Crippen LogP contribution in [0.4, 0.5) is 0 Å². The first-order valence-electron chi connectivity index (χ1n) is 9.34. The lowest BCUT2D eigenvalue weighted by Crippen LogP contribution is -2.20. The number of nitrogens with one attached hydrogen (secondary N) is 1. The largest absolute Gasteiger partial charge is 0.488 e. The van der Waals surface area contributed by atoms with Crippen molar-refractivity contribution >= 4 is 34.8 Å². The van der Waals surface area contributed by atoms with Crippen LogP contribution in [0.1, 0.15) is 21.5 Å². The molecule has 0 atom stereocenters. The maximum atomic E-state index is 12.4. The van der Waals surface area contributed by atoms with Crippen molar-refractivity contribution < 1.29 is 14.3 Å². The van der Waals surface area contributed by atoms with Crippen LogP contribution in [0.25, 0.3) is 6.08 Å². The molecule has 6 heteroatoms. The van der Waals surface area contributed by atoms with Crippen LogP contribution in [-0.2, 0) is 11.4 Å². The Morgan fingerprint density at radius 1 is 0.933 bits per heavy atom. The summed E-state index contributed by atoms with van der Waals surface area (Å²) in [4.78, 5) is 29.1. The predicted molar refractivity (Wildman–Crippen MR) is 119 cm³/mol. The number of hydrogen-bond donors (Lipinski definition) is 1. The molecule has 1 fully saturated rings. The summed E-state index contributed by atoms with van der Waals surface area (Å²) in [6.07, 6.45) is 1.75. The normalized spacial score (nSPS) is 15.9. The Balaban J connectivity index is 1.50. The highest BCUT2D eigenvalue weighted by Gasteiger charge is 2.25. The first-order valence-corrected chi connectivity index (χ1v) is 10.2. The summed E-state index contributed by atoms with van der Waals surface area (Å²) in [7, 11) is 0. The van der Waals surface area contributed by atoms with Gasteiger partial charge in [-0.2, -0.15) is 4.99 Å². The Kier molecular flexibility index (Phi) is 6.06. The average molecular weight is 414 g/mol. The van der Waals surface area contributed by atoms with Crippen molar-refractivity contribution in [1.82, 2.24) is 5.32 Å². The number of nitrogens with zero attached hydrogens (tertiary/aromatic N) is 1. The summed E-state index contributed by atoms with van der Waals surface area (Å²) in [5.74, 6) is -0.0169. The van der Waals surface area contributed by atoms with Crippen LogP contribution in [-0.4, -0.2) is 17.0 Å². The van der Waals surface area contributed by atoms with Crippen LogP contribution in [0.15, 0.2) is 94.8 Å². The highest BCUT2D eigenvalue weighted by molar-refractivity contribution is 8.18. The van der Waals surface area contributed by atoms with Gasteiger partial charge in [0.1, 0.15) is 12.4 Å². The molecule has 148 valence electrons. The van der Waals surface area contributed by atoms with E-state index >= 15 is 0 Å². The maximum absolute atomic E-state index is 12.4. The minimum absolute atomic E-state index is 0.266. The molecule has 5 nitrogen and oxygen atoms in total. The number of hydrogen-bond acceptors (Lipinski definition) is 4. The van der Waals surface area contributed by atoms with Crippen LogP contribution in [0.2, 0.25) is 0 Å². The second-order valence-electron chi connectivity index (χ2n) is 6.47. The van der Waals surface area contributed by atoms with Gasteiger partial charge in [0.05, 0.1) is 4.91 Å². The molecule has 0 aromatic heterocycles. The maximum Gasteiger partial charge on any atom is 0.279 e. The first-order chi connectivity index (χ1) is 14.7.